The largest absolute Gasteiger partial charge is 0.384 e. The molecular weight excluding hydrogens is 376 g/mol. The van der Waals surface area contributed by atoms with Crippen molar-refractivity contribution in [3.05, 3.63) is 45.6 Å². The monoisotopic (exact) mass is 386 g/mol. The summed E-state index contributed by atoms with van der Waals surface area (Å²) in [7, 11) is 0. The molecule has 0 spiro atoms. The Morgan fingerprint density at radius 1 is 1.11 bits per heavy atom. The highest BCUT2D eigenvalue weighted by Gasteiger charge is 1.95. The Hall–Kier alpha value is -1.47. The molecule has 2 rings (SSSR count). The molecule has 2 aromatic rings. The number of hydrogen-bond acceptors (Lipinski definition) is 4. The molecule has 0 unspecified atom stereocenters. The average Bonchev–Trinajstić information content (AvgIpc) is 2.28. The van der Waals surface area contributed by atoms with E-state index in [1.807, 2.05) is 18.2 Å². The molecule has 2 heterocycles. The van der Waals surface area contributed by atoms with Gasteiger partial charge in [-0.3, -0.25) is 4.79 Å². The molecule has 5 nitrogen and oxygen atoms in total. The molecule has 3 N–H and O–H groups in total. The molecule has 0 saturated carbocycles. The minimum absolute atomic E-state index is 0.115. The Morgan fingerprint density at radius 2 is 1.68 bits per heavy atom. The van der Waals surface area contributed by atoms with Crippen molar-refractivity contribution in [3.8, 4) is 0 Å². The van der Waals surface area contributed by atoms with Crippen molar-refractivity contribution in [1.29, 1.82) is 0 Å². The molecule has 1 amide bonds. The van der Waals surface area contributed by atoms with Crippen molar-refractivity contribution in [2.24, 2.45) is 0 Å². The first-order valence-corrected chi connectivity index (χ1v) is 6.84. The van der Waals surface area contributed by atoms with Crippen LogP contribution in [0.1, 0.15) is 6.92 Å². The predicted molar refractivity (Wildman–Crippen MR) is 82.6 cm³/mol. The predicted octanol–water partition coefficient (Wildman–Crippen LogP) is 3.23. The van der Waals surface area contributed by atoms with Gasteiger partial charge in [-0.05, 0) is 56.1 Å². The summed E-state index contributed by atoms with van der Waals surface area (Å²) in [5.41, 5.74) is 5.32. The van der Waals surface area contributed by atoms with Crippen LogP contribution in [0.5, 0.6) is 0 Å². The minimum atomic E-state index is -0.115. The van der Waals surface area contributed by atoms with Gasteiger partial charge in [-0.1, -0.05) is 12.1 Å². The topological polar surface area (TPSA) is 80.9 Å². The lowest BCUT2D eigenvalue weighted by atomic mass is 10.4. The van der Waals surface area contributed by atoms with Gasteiger partial charge < -0.3 is 11.1 Å². The first-order chi connectivity index (χ1) is 8.97. The molecule has 19 heavy (non-hydrogen) atoms. The highest BCUT2D eigenvalue weighted by atomic mass is 79.9. The van der Waals surface area contributed by atoms with E-state index in [-0.39, 0.29) is 5.91 Å². The standard InChI is InChI=1S/C7H7BrN2O.C5H5BrN2/c1-5(11)9-7-4-2-3-6(8)10-7;6-4-2-1-3-5(7)8-4/h2-4H,1H3,(H,9,10,11);1-3H,(H2,7,8). The second-order valence-electron chi connectivity index (χ2n) is 3.41. The number of nitrogens with one attached hydrogen (secondary N) is 1. The molecule has 100 valence electrons. The van der Waals surface area contributed by atoms with Crippen molar-refractivity contribution in [3.63, 3.8) is 0 Å². The summed E-state index contributed by atoms with van der Waals surface area (Å²) in [6.45, 7) is 1.45. The molecule has 2 aromatic heterocycles. The molecular formula is C12H12Br2N4O. The van der Waals surface area contributed by atoms with Crippen molar-refractivity contribution in [2.75, 3.05) is 11.1 Å². The Balaban J connectivity index is 0.000000200. The van der Waals surface area contributed by atoms with Crippen LogP contribution in [-0.2, 0) is 4.79 Å². The number of halogens is 2. The third-order valence-electron chi connectivity index (χ3n) is 1.76. The molecule has 0 radical (unpaired) electrons. The van der Waals surface area contributed by atoms with E-state index in [0.717, 1.165) is 4.60 Å². The number of nitrogens with zero attached hydrogens (tertiary/aromatic N) is 2. The van der Waals surface area contributed by atoms with Gasteiger partial charge in [0.15, 0.2) is 0 Å². The third kappa shape index (κ3) is 6.88. The van der Waals surface area contributed by atoms with Crippen LogP contribution < -0.4 is 11.1 Å². The molecule has 0 aliphatic rings. The molecule has 0 fully saturated rings. The van der Waals surface area contributed by atoms with E-state index >= 15 is 0 Å². The highest BCUT2D eigenvalue weighted by Crippen LogP contribution is 2.09. The zero-order valence-corrected chi connectivity index (χ0v) is 13.3. The zero-order chi connectivity index (χ0) is 14.3. The third-order valence-corrected chi connectivity index (χ3v) is 2.64. The van der Waals surface area contributed by atoms with Gasteiger partial charge in [0.2, 0.25) is 5.91 Å². The van der Waals surface area contributed by atoms with E-state index in [0.29, 0.717) is 16.2 Å². The summed E-state index contributed by atoms with van der Waals surface area (Å²) in [5.74, 6) is 0.988. The maximum atomic E-state index is 10.6. The van der Waals surface area contributed by atoms with Crippen molar-refractivity contribution in [1.82, 2.24) is 9.97 Å². The van der Waals surface area contributed by atoms with E-state index in [2.05, 4.69) is 47.1 Å². The maximum Gasteiger partial charge on any atom is 0.222 e. The number of carbonyl (C=O) groups is 1. The second kappa shape index (κ2) is 7.85. The van der Waals surface area contributed by atoms with Crippen LogP contribution in [-0.4, -0.2) is 15.9 Å². The van der Waals surface area contributed by atoms with Gasteiger partial charge in [0.25, 0.3) is 0 Å². The number of aromatic nitrogens is 2. The summed E-state index contributed by atoms with van der Waals surface area (Å²) in [6, 6.07) is 10.7. The first kappa shape index (κ1) is 15.6. The highest BCUT2D eigenvalue weighted by molar-refractivity contribution is 9.10. The summed E-state index contributed by atoms with van der Waals surface area (Å²) in [6.07, 6.45) is 0. The van der Waals surface area contributed by atoms with E-state index < -0.39 is 0 Å². The first-order valence-electron chi connectivity index (χ1n) is 5.25. The Morgan fingerprint density at radius 3 is 2.11 bits per heavy atom. The van der Waals surface area contributed by atoms with E-state index in [4.69, 9.17) is 5.73 Å². The SMILES string of the molecule is CC(=O)Nc1cccc(Br)n1.Nc1cccc(Br)n1. The number of nitrogen functional groups attached to an aromatic ring is 1. The van der Waals surface area contributed by atoms with Gasteiger partial charge in [-0.25, -0.2) is 9.97 Å². The van der Waals surface area contributed by atoms with E-state index in [1.165, 1.54) is 6.92 Å². The van der Waals surface area contributed by atoms with Crippen LogP contribution >= 0.6 is 31.9 Å². The maximum absolute atomic E-state index is 10.6. The summed E-state index contributed by atoms with van der Waals surface area (Å²) in [4.78, 5) is 18.4. The van der Waals surface area contributed by atoms with Crippen LogP contribution in [0.2, 0.25) is 0 Å². The number of anilines is 2. The van der Waals surface area contributed by atoms with Crippen molar-refractivity contribution >= 4 is 49.4 Å². The second-order valence-corrected chi connectivity index (χ2v) is 5.04. The number of nitrogens with two attached hydrogens (primary N) is 1. The number of pyridine rings is 2. The molecule has 0 aromatic carbocycles. The van der Waals surface area contributed by atoms with Crippen LogP contribution in [0.4, 0.5) is 11.6 Å². The smallest absolute Gasteiger partial charge is 0.222 e. The molecule has 7 heteroatoms. The molecule has 0 aliphatic heterocycles. The van der Waals surface area contributed by atoms with Crippen LogP contribution in [0, 0.1) is 0 Å². The Labute approximate surface area is 127 Å². The van der Waals surface area contributed by atoms with Gasteiger partial charge in [-0.2, -0.15) is 0 Å². The van der Waals surface area contributed by atoms with Gasteiger partial charge in [0.1, 0.15) is 20.8 Å². The molecule has 0 atom stereocenters. The fraction of sp³-hybridized carbons (Fsp3) is 0.0833. The van der Waals surface area contributed by atoms with E-state index in [1.54, 1.807) is 18.2 Å². The van der Waals surface area contributed by atoms with Crippen molar-refractivity contribution in [2.45, 2.75) is 6.92 Å². The number of rotatable bonds is 1. The number of hydrogen-bond donors (Lipinski definition) is 2. The van der Waals surface area contributed by atoms with Crippen LogP contribution in [0.15, 0.2) is 45.6 Å². The average molecular weight is 388 g/mol. The molecule has 0 saturated heterocycles. The summed E-state index contributed by atoms with van der Waals surface area (Å²) >= 11 is 6.36. The zero-order valence-electron chi connectivity index (χ0n) is 10.1. The number of amides is 1. The lowest BCUT2D eigenvalue weighted by molar-refractivity contribution is -0.114. The lowest BCUT2D eigenvalue weighted by Gasteiger charge is -1.99. The summed E-state index contributed by atoms with van der Waals surface area (Å²) < 4.78 is 1.49. The van der Waals surface area contributed by atoms with Crippen LogP contribution in [0.3, 0.4) is 0 Å². The molecule has 0 bridgehead atoms. The fourth-order valence-electron chi connectivity index (χ4n) is 1.08. The number of carbonyl (C=O) groups excluding carboxylic acids is 1. The Kier molecular flexibility index (Phi) is 6.44. The quantitative estimate of drug-likeness (QED) is 0.736. The molecule has 0 aliphatic carbocycles. The normalized spacial score (nSPS) is 9.21. The van der Waals surface area contributed by atoms with Gasteiger partial charge in [0.05, 0.1) is 0 Å². The minimum Gasteiger partial charge on any atom is -0.384 e. The fourth-order valence-corrected chi connectivity index (χ4v) is 1.78. The van der Waals surface area contributed by atoms with Crippen molar-refractivity contribution < 1.29 is 4.79 Å². The van der Waals surface area contributed by atoms with Crippen LogP contribution in [0.25, 0.3) is 0 Å². The Bertz CT molecular complexity index is 546. The van der Waals surface area contributed by atoms with Gasteiger partial charge in [0, 0.05) is 6.92 Å². The summed E-state index contributed by atoms with van der Waals surface area (Å²) in [5, 5.41) is 2.57. The lowest BCUT2D eigenvalue weighted by Crippen LogP contribution is -2.06. The van der Waals surface area contributed by atoms with Gasteiger partial charge >= 0.3 is 0 Å². The van der Waals surface area contributed by atoms with E-state index in [9.17, 15) is 4.79 Å². The van der Waals surface area contributed by atoms with Gasteiger partial charge in [-0.15, -0.1) is 0 Å².